The molecular formula is C14H24N4O2. The summed E-state index contributed by atoms with van der Waals surface area (Å²) in [4.78, 5) is 18.5. The van der Waals surface area contributed by atoms with Crippen LogP contribution in [0.1, 0.15) is 49.7 Å². The molecule has 0 aliphatic carbocycles. The molecule has 0 radical (unpaired) electrons. The topological polar surface area (TPSA) is 91.5 Å². The monoisotopic (exact) mass is 280 g/mol. The molecule has 1 aromatic rings. The molecular weight excluding hydrogens is 256 g/mol. The van der Waals surface area contributed by atoms with Crippen LogP contribution < -0.4 is 11.3 Å². The number of nitrogens with one attached hydrogen (secondary N) is 1. The maximum atomic E-state index is 12.5. The van der Waals surface area contributed by atoms with E-state index in [1.54, 1.807) is 17.0 Å². The number of hydrogen-bond donors (Lipinski definition) is 3. The van der Waals surface area contributed by atoms with Crippen molar-refractivity contribution >= 4 is 11.7 Å². The number of nitrogens with two attached hydrogens (primary N) is 1. The summed E-state index contributed by atoms with van der Waals surface area (Å²) in [5.41, 5.74) is 3.82. The Kier molecular flexibility index (Phi) is 5.91. The second-order valence-electron chi connectivity index (χ2n) is 5.28. The predicted molar refractivity (Wildman–Crippen MR) is 79.4 cm³/mol. The first-order chi connectivity index (χ1) is 9.40. The molecule has 0 unspecified atom stereocenters. The van der Waals surface area contributed by atoms with Crippen molar-refractivity contribution in [3.05, 3.63) is 23.4 Å². The van der Waals surface area contributed by atoms with Crippen LogP contribution >= 0.6 is 0 Å². The number of nitrogens with zero attached hydrogens (tertiary/aromatic N) is 2. The second kappa shape index (κ2) is 7.21. The third-order valence-electron chi connectivity index (χ3n) is 3.06. The summed E-state index contributed by atoms with van der Waals surface area (Å²) in [6, 6.07) is 3.42. The van der Waals surface area contributed by atoms with Gasteiger partial charge in [-0.15, -0.1) is 0 Å². The first kappa shape index (κ1) is 16.4. The Labute approximate surface area is 120 Å². The average Bonchev–Trinajstić information content (AvgIpc) is 2.42. The molecule has 0 aromatic carbocycles. The minimum Gasteiger partial charge on any atom is -0.395 e. The Hall–Kier alpha value is -1.66. The van der Waals surface area contributed by atoms with Crippen molar-refractivity contribution < 1.29 is 9.90 Å². The van der Waals surface area contributed by atoms with E-state index in [-0.39, 0.29) is 24.5 Å². The molecule has 6 nitrogen and oxygen atoms in total. The second-order valence-corrected chi connectivity index (χ2v) is 5.28. The maximum Gasteiger partial charge on any atom is 0.254 e. The number of carbonyl (C=O) groups is 1. The molecule has 0 bridgehead atoms. The molecule has 0 saturated carbocycles. The van der Waals surface area contributed by atoms with E-state index in [0.29, 0.717) is 17.9 Å². The van der Waals surface area contributed by atoms with Crippen molar-refractivity contribution in [3.8, 4) is 0 Å². The number of aliphatic hydroxyl groups excluding tert-OH is 1. The summed E-state index contributed by atoms with van der Waals surface area (Å²) in [6.07, 6.45) is 0. The molecule has 0 aliphatic heterocycles. The Balaban J connectivity index is 3.16. The number of hydrazine groups is 1. The highest BCUT2D eigenvalue weighted by molar-refractivity contribution is 5.95. The van der Waals surface area contributed by atoms with Crippen molar-refractivity contribution in [1.29, 1.82) is 0 Å². The summed E-state index contributed by atoms with van der Waals surface area (Å²) >= 11 is 0. The number of aromatic nitrogens is 1. The van der Waals surface area contributed by atoms with Crippen molar-refractivity contribution in [1.82, 2.24) is 9.88 Å². The molecule has 1 aromatic heterocycles. The van der Waals surface area contributed by atoms with Gasteiger partial charge in [0.2, 0.25) is 0 Å². The molecule has 0 spiro atoms. The lowest BCUT2D eigenvalue weighted by Gasteiger charge is -2.26. The van der Waals surface area contributed by atoms with Gasteiger partial charge in [-0.1, -0.05) is 13.8 Å². The van der Waals surface area contributed by atoms with Crippen LogP contribution in [-0.4, -0.2) is 40.1 Å². The molecule has 0 saturated heterocycles. The van der Waals surface area contributed by atoms with Gasteiger partial charge >= 0.3 is 0 Å². The zero-order valence-electron chi connectivity index (χ0n) is 12.6. The van der Waals surface area contributed by atoms with E-state index in [0.717, 1.165) is 5.69 Å². The molecule has 6 heteroatoms. The fraction of sp³-hybridized carbons (Fsp3) is 0.571. The number of hydrogen-bond acceptors (Lipinski definition) is 5. The molecule has 1 amide bonds. The van der Waals surface area contributed by atoms with E-state index >= 15 is 0 Å². The summed E-state index contributed by atoms with van der Waals surface area (Å²) in [7, 11) is 0. The molecule has 0 aliphatic rings. The standard InChI is InChI=1S/C14H24N4O2/c1-9(2)12-7-11(8-13(16-12)17-15)14(20)18(5-6-19)10(3)4/h7-10,19H,5-6,15H2,1-4H3,(H,16,17). The number of aliphatic hydroxyl groups is 1. The van der Waals surface area contributed by atoms with E-state index in [9.17, 15) is 4.79 Å². The number of carbonyl (C=O) groups excluding carboxylic acids is 1. The number of anilines is 1. The Morgan fingerprint density at radius 3 is 2.50 bits per heavy atom. The third-order valence-corrected chi connectivity index (χ3v) is 3.06. The molecule has 112 valence electrons. The number of nitrogen functional groups attached to an aromatic ring is 1. The Bertz CT molecular complexity index is 460. The van der Waals surface area contributed by atoms with E-state index in [4.69, 9.17) is 10.9 Å². The summed E-state index contributed by atoms with van der Waals surface area (Å²) in [5, 5.41) is 9.09. The summed E-state index contributed by atoms with van der Waals surface area (Å²) in [5.74, 6) is 5.93. The van der Waals surface area contributed by atoms with Crippen molar-refractivity contribution in [2.24, 2.45) is 5.84 Å². The lowest BCUT2D eigenvalue weighted by molar-refractivity contribution is 0.0665. The largest absolute Gasteiger partial charge is 0.395 e. The van der Waals surface area contributed by atoms with Gasteiger partial charge in [-0.25, -0.2) is 10.8 Å². The van der Waals surface area contributed by atoms with Gasteiger partial charge in [-0.2, -0.15) is 0 Å². The van der Waals surface area contributed by atoms with Crippen LogP contribution in [0.3, 0.4) is 0 Å². The van der Waals surface area contributed by atoms with Crippen molar-refractivity contribution in [2.75, 3.05) is 18.6 Å². The van der Waals surface area contributed by atoms with Crippen LogP contribution in [0.15, 0.2) is 12.1 Å². The van der Waals surface area contributed by atoms with E-state index in [1.165, 1.54) is 0 Å². The van der Waals surface area contributed by atoms with E-state index in [1.807, 2.05) is 27.7 Å². The highest BCUT2D eigenvalue weighted by Gasteiger charge is 2.20. The van der Waals surface area contributed by atoms with Crippen LogP contribution in [0.4, 0.5) is 5.82 Å². The third kappa shape index (κ3) is 3.91. The maximum absolute atomic E-state index is 12.5. The summed E-state index contributed by atoms with van der Waals surface area (Å²) < 4.78 is 0. The Morgan fingerprint density at radius 2 is 2.05 bits per heavy atom. The van der Waals surface area contributed by atoms with Gasteiger partial charge in [0.15, 0.2) is 0 Å². The smallest absolute Gasteiger partial charge is 0.254 e. The van der Waals surface area contributed by atoms with E-state index in [2.05, 4.69) is 10.4 Å². The fourth-order valence-corrected chi connectivity index (χ4v) is 1.91. The van der Waals surface area contributed by atoms with Gasteiger partial charge in [0, 0.05) is 23.8 Å². The first-order valence-corrected chi connectivity index (χ1v) is 6.81. The SMILES string of the molecule is CC(C)c1cc(C(=O)N(CCO)C(C)C)cc(NN)n1. The molecule has 1 rings (SSSR count). The van der Waals surface area contributed by atoms with Gasteiger partial charge in [0.1, 0.15) is 5.82 Å². The highest BCUT2D eigenvalue weighted by Crippen LogP contribution is 2.19. The van der Waals surface area contributed by atoms with Crippen LogP contribution in [-0.2, 0) is 0 Å². The van der Waals surface area contributed by atoms with E-state index < -0.39 is 0 Å². The zero-order valence-corrected chi connectivity index (χ0v) is 12.6. The van der Waals surface area contributed by atoms with Crippen LogP contribution in [0.25, 0.3) is 0 Å². The lowest BCUT2D eigenvalue weighted by atomic mass is 10.1. The highest BCUT2D eigenvalue weighted by atomic mass is 16.3. The van der Waals surface area contributed by atoms with Crippen molar-refractivity contribution in [2.45, 2.75) is 39.7 Å². The van der Waals surface area contributed by atoms with Gasteiger partial charge < -0.3 is 15.4 Å². The fourth-order valence-electron chi connectivity index (χ4n) is 1.91. The normalized spacial score (nSPS) is 11.0. The number of pyridine rings is 1. The Morgan fingerprint density at radius 1 is 1.40 bits per heavy atom. The van der Waals surface area contributed by atoms with Gasteiger partial charge in [0.25, 0.3) is 5.91 Å². The minimum absolute atomic E-state index is 0.0135. The van der Waals surface area contributed by atoms with Gasteiger partial charge in [0.05, 0.1) is 6.61 Å². The average molecular weight is 280 g/mol. The van der Waals surface area contributed by atoms with Crippen LogP contribution in [0.5, 0.6) is 0 Å². The molecule has 4 N–H and O–H groups in total. The van der Waals surface area contributed by atoms with Gasteiger partial charge in [-0.3, -0.25) is 4.79 Å². The lowest BCUT2D eigenvalue weighted by Crippen LogP contribution is -2.39. The number of amides is 1. The predicted octanol–water partition coefficient (Wildman–Crippen LogP) is 1.33. The molecule has 20 heavy (non-hydrogen) atoms. The quantitative estimate of drug-likeness (QED) is 0.540. The minimum atomic E-state index is -0.130. The number of rotatable bonds is 6. The summed E-state index contributed by atoms with van der Waals surface area (Å²) in [6.45, 7) is 8.09. The molecule has 1 heterocycles. The zero-order chi connectivity index (χ0) is 15.3. The van der Waals surface area contributed by atoms with Crippen LogP contribution in [0, 0.1) is 0 Å². The van der Waals surface area contributed by atoms with Crippen molar-refractivity contribution in [3.63, 3.8) is 0 Å². The molecule has 0 fully saturated rings. The molecule has 0 atom stereocenters. The van der Waals surface area contributed by atoms with Gasteiger partial charge in [-0.05, 0) is 31.9 Å². The van der Waals surface area contributed by atoms with Crippen LogP contribution in [0.2, 0.25) is 0 Å². The first-order valence-electron chi connectivity index (χ1n) is 6.81.